The zero-order valence-electron chi connectivity index (χ0n) is 14.7. The molecular formula is C17H30IN3OS. The van der Waals surface area contributed by atoms with Crippen molar-refractivity contribution in [2.24, 2.45) is 10.9 Å². The summed E-state index contributed by atoms with van der Waals surface area (Å²) in [6.45, 7) is 11.1. The summed E-state index contributed by atoms with van der Waals surface area (Å²) in [6, 6.07) is 4.32. The molecule has 132 valence electrons. The topological polar surface area (TPSA) is 36.9 Å². The molecule has 1 atom stereocenters. The molecule has 0 aliphatic carbocycles. The molecular weight excluding hydrogens is 421 g/mol. The van der Waals surface area contributed by atoms with E-state index in [4.69, 9.17) is 9.73 Å². The largest absolute Gasteiger partial charge is 0.381 e. The fourth-order valence-corrected chi connectivity index (χ4v) is 3.53. The Labute approximate surface area is 161 Å². The molecule has 2 rings (SSSR count). The zero-order valence-corrected chi connectivity index (χ0v) is 17.8. The smallest absolute Gasteiger partial charge is 0.193 e. The van der Waals surface area contributed by atoms with Gasteiger partial charge in [0.15, 0.2) is 5.96 Å². The van der Waals surface area contributed by atoms with Crippen LogP contribution in [0.5, 0.6) is 0 Å². The molecule has 1 aromatic heterocycles. The van der Waals surface area contributed by atoms with Crippen LogP contribution in [-0.2, 0) is 10.2 Å². The van der Waals surface area contributed by atoms with Crippen LogP contribution < -0.4 is 5.32 Å². The Hall–Kier alpha value is -0.340. The molecule has 1 aromatic rings. The SMILES string of the molecule is CCNC(=NCC(C)(C)c1cccs1)N(C)CC1CCOC1.I. The third-order valence-corrected chi connectivity index (χ3v) is 5.30. The van der Waals surface area contributed by atoms with Gasteiger partial charge in [-0.2, -0.15) is 0 Å². The normalized spacial score (nSPS) is 18.6. The number of nitrogens with one attached hydrogen (secondary N) is 1. The maximum Gasteiger partial charge on any atom is 0.193 e. The van der Waals surface area contributed by atoms with Crippen LogP contribution in [0.25, 0.3) is 0 Å². The Balaban J connectivity index is 0.00000264. The monoisotopic (exact) mass is 451 g/mol. The first kappa shape index (κ1) is 20.7. The minimum Gasteiger partial charge on any atom is -0.381 e. The molecule has 1 aliphatic heterocycles. The molecule has 23 heavy (non-hydrogen) atoms. The van der Waals surface area contributed by atoms with E-state index < -0.39 is 0 Å². The highest BCUT2D eigenvalue weighted by molar-refractivity contribution is 14.0. The molecule has 1 unspecified atom stereocenters. The van der Waals surface area contributed by atoms with E-state index in [9.17, 15) is 0 Å². The van der Waals surface area contributed by atoms with Crippen molar-refractivity contribution in [2.45, 2.75) is 32.6 Å². The summed E-state index contributed by atoms with van der Waals surface area (Å²) in [6.07, 6.45) is 1.16. The minimum absolute atomic E-state index is 0. The maximum atomic E-state index is 5.48. The third-order valence-electron chi connectivity index (χ3n) is 4.06. The number of ether oxygens (including phenoxy) is 1. The highest BCUT2D eigenvalue weighted by Gasteiger charge is 2.23. The van der Waals surface area contributed by atoms with Gasteiger partial charge in [0.2, 0.25) is 0 Å². The molecule has 1 fully saturated rings. The quantitative estimate of drug-likeness (QED) is 0.408. The second-order valence-electron chi connectivity index (χ2n) is 6.64. The Morgan fingerprint density at radius 1 is 1.52 bits per heavy atom. The summed E-state index contributed by atoms with van der Waals surface area (Å²) in [4.78, 5) is 8.51. The van der Waals surface area contributed by atoms with Gasteiger partial charge in [-0.15, -0.1) is 35.3 Å². The van der Waals surface area contributed by atoms with E-state index in [0.717, 1.165) is 45.2 Å². The second kappa shape index (κ2) is 9.84. The van der Waals surface area contributed by atoms with E-state index in [1.54, 1.807) is 0 Å². The molecule has 6 heteroatoms. The van der Waals surface area contributed by atoms with Gasteiger partial charge >= 0.3 is 0 Å². The third kappa shape index (κ3) is 6.23. The van der Waals surface area contributed by atoms with Crippen molar-refractivity contribution in [1.29, 1.82) is 0 Å². The summed E-state index contributed by atoms with van der Waals surface area (Å²) < 4.78 is 5.48. The van der Waals surface area contributed by atoms with Crippen molar-refractivity contribution < 1.29 is 4.74 Å². The minimum atomic E-state index is 0. The molecule has 1 saturated heterocycles. The number of nitrogens with zero attached hydrogens (tertiary/aromatic N) is 2. The van der Waals surface area contributed by atoms with Crippen molar-refractivity contribution in [1.82, 2.24) is 10.2 Å². The van der Waals surface area contributed by atoms with Gasteiger partial charge in [-0.3, -0.25) is 4.99 Å². The number of hydrogen-bond donors (Lipinski definition) is 1. The van der Waals surface area contributed by atoms with E-state index in [1.165, 1.54) is 4.88 Å². The van der Waals surface area contributed by atoms with E-state index in [1.807, 2.05) is 11.3 Å². The summed E-state index contributed by atoms with van der Waals surface area (Å²) in [5, 5.41) is 5.55. The summed E-state index contributed by atoms with van der Waals surface area (Å²) >= 11 is 1.81. The van der Waals surface area contributed by atoms with E-state index in [-0.39, 0.29) is 29.4 Å². The first-order valence-corrected chi connectivity index (χ1v) is 9.02. The van der Waals surface area contributed by atoms with Crippen LogP contribution in [0.15, 0.2) is 22.5 Å². The van der Waals surface area contributed by atoms with Crippen molar-refractivity contribution in [3.05, 3.63) is 22.4 Å². The van der Waals surface area contributed by atoms with Crippen molar-refractivity contribution in [3.8, 4) is 0 Å². The lowest BCUT2D eigenvalue weighted by Crippen LogP contribution is -2.42. The van der Waals surface area contributed by atoms with Gasteiger partial charge in [0.1, 0.15) is 0 Å². The van der Waals surface area contributed by atoms with Gasteiger partial charge < -0.3 is 15.0 Å². The van der Waals surface area contributed by atoms with Crippen LogP contribution in [0.2, 0.25) is 0 Å². The van der Waals surface area contributed by atoms with Crippen LogP contribution in [0.4, 0.5) is 0 Å². The van der Waals surface area contributed by atoms with Crippen LogP contribution in [0, 0.1) is 5.92 Å². The molecule has 2 heterocycles. The molecule has 1 aliphatic rings. The predicted octanol–water partition coefficient (Wildman–Crippen LogP) is 3.58. The summed E-state index contributed by atoms with van der Waals surface area (Å²) in [7, 11) is 2.12. The van der Waals surface area contributed by atoms with Crippen molar-refractivity contribution >= 4 is 41.3 Å². The first-order valence-electron chi connectivity index (χ1n) is 8.14. The Morgan fingerprint density at radius 2 is 2.30 bits per heavy atom. The Kier molecular flexibility index (Phi) is 8.85. The lowest BCUT2D eigenvalue weighted by molar-refractivity contribution is 0.181. The molecule has 0 bridgehead atoms. The summed E-state index contributed by atoms with van der Waals surface area (Å²) in [5.74, 6) is 1.62. The highest BCUT2D eigenvalue weighted by atomic mass is 127. The van der Waals surface area contributed by atoms with E-state index in [2.05, 4.69) is 55.5 Å². The fraction of sp³-hybridized carbons (Fsp3) is 0.706. The fourth-order valence-electron chi connectivity index (χ4n) is 2.68. The lowest BCUT2D eigenvalue weighted by Gasteiger charge is -2.27. The van der Waals surface area contributed by atoms with Crippen LogP contribution in [0.3, 0.4) is 0 Å². The number of halogens is 1. The van der Waals surface area contributed by atoms with Gasteiger partial charge in [0.05, 0.1) is 13.2 Å². The molecule has 0 radical (unpaired) electrons. The maximum absolute atomic E-state index is 5.48. The van der Waals surface area contributed by atoms with Gasteiger partial charge in [-0.25, -0.2) is 0 Å². The number of rotatable bonds is 6. The second-order valence-corrected chi connectivity index (χ2v) is 7.59. The summed E-state index contributed by atoms with van der Waals surface area (Å²) in [5.41, 5.74) is 0.0755. The van der Waals surface area contributed by atoms with E-state index in [0.29, 0.717) is 5.92 Å². The van der Waals surface area contributed by atoms with Gasteiger partial charge in [0.25, 0.3) is 0 Å². The lowest BCUT2D eigenvalue weighted by atomic mass is 9.92. The molecule has 0 amide bonds. The standard InChI is InChI=1S/C17H29N3OS.HI/c1-5-18-16(20(4)11-14-8-9-21-12-14)19-13-17(2,3)15-7-6-10-22-15;/h6-7,10,14H,5,8-9,11-13H2,1-4H3,(H,18,19);1H. The molecule has 4 nitrogen and oxygen atoms in total. The average molecular weight is 451 g/mol. The van der Waals surface area contributed by atoms with Crippen molar-refractivity contribution in [3.63, 3.8) is 0 Å². The Morgan fingerprint density at radius 3 is 2.87 bits per heavy atom. The number of aliphatic imine (C=N–C) groups is 1. The number of thiophene rings is 1. The van der Waals surface area contributed by atoms with Crippen LogP contribution in [-0.4, -0.2) is 50.8 Å². The average Bonchev–Trinajstić information content (AvgIpc) is 3.16. The van der Waals surface area contributed by atoms with Crippen LogP contribution >= 0.6 is 35.3 Å². The van der Waals surface area contributed by atoms with E-state index >= 15 is 0 Å². The number of guanidine groups is 1. The molecule has 0 saturated carbocycles. The zero-order chi connectivity index (χ0) is 16.0. The molecule has 1 N–H and O–H groups in total. The van der Waals surface area contributed by atoms with Crippen molar-refractivity contribution in [2.75, 3.05) is 39.9 Å². The molecule has 0 spiro atoms. The number of hydrogen-bond acceptors (Lipinski definition) is 3. The van der Waals surface area contributed by atoms with Gasteiger partial charge in [-0.1, -0.05) is 19.9 Å². The first-order chi connectivity index (χ1) is 10.5. The van der Waals surface area contributed by atoms with Gasteiger partial charge in [-0.05, 0) is 24.8 Å². The highest BCUT2D eigenvalue weighted by Crippen LogP contribution is 2.27. The Bertz CT molecular complexity index is 470. The van der Waals surface area contributed by atoms with Gasteiger partial charge in [0, 0.05) is 43.0 Å². The van der Waals surface area contributed by atoms with Crippen LogP contribution in [0.1, 0.15) is 32.1 Å². The molecule has 0 aromatic carbocycles. The predicted molar refractivity (Wildman–Crippen MR) is 110 cm³/mol.